The normalized spacial score (nSPS) is 10.9. The van der Waals surface area contributed by atoms with Gasteiger partial charge in [0.05, 0.1) is 5.75 Å². The first-order valence-electron chi connectivity index (χ1n) is 9.33. The molecule has 1 aromatic carbocycles. The SMILES string of the molecule is Cc1ccc(-n2c(C)nnc2SCc2nc(C(=O)NCc3cccnc3)co2)cc1. The van der Waals surface area contributed by atoms with Crippen LogP contribution < -0.4 is 5.32 Å². The molecular formula is C21H20N6O2S. The minimum Gasteiger partial charge on any atom is -0.447 e. The third-order valence-electron chi connectivity index (χ3n) is 4.37. The van der Waals surface area contributed by atoms with E-state index >= 15 is 0 Å². The second-order valence-electron chi connectivity index (χ2n) is 6.66. The Morgan fingerprint density at radius 2 is 2.00 bits per heavy atom. The molecule has 9 heteroatoms. The van der Waals surface area contributed by atoms with E-state index in [1.54, 1.807) is 12.4 Å². The third kappa shape index (κ3) is 4.57. The smallest absolute Gasteiger partial charge is 0.273 e. The van der Waals surface area contributed by atoms with Gasteiger partial charge in [-0.2, -0.15) is 0 Å². The molecule has 3 aromatic heterocycles. The number of hydrogen-bond donors (Lipinski definition) is 1. The molecule has 8 nitrogen and oxygen atoms in total. The van der Waals surface area contributed by atoms with Crippen LogP contribution in [-0.2, 0) is 12.3 Å². The van der Waals surface area contributed by atoms with Gasteiger partial charge in [-0.3, -0.25) is 14.3 Å². The molecule has 0 saturated heterocycles. The van der Waals surface area contributed by atoms with Gasteiger partial charge in [0.2, 0.25) is 5.89 Å². The van der Waals surface area contributed by atoms with Crippen LogP contribution in [0.5, 0.6) is 0 Å². The Bertz CT molecular complexity index is 1140. The number of pyridine rings is 1. The third-order valence-corrected chi connectivity index (χ3v) is 5.29. The van der Waals surface area contributed by atoms with Crippen molar-refractivity contribution in [2.24, 2.45) is 0 Å². The summed E-state index contributed by atoms with van der Waals surface area (Å²) in [6.07, 6.45) is 4.76. The summed E-state index contributed by atoms with van der Waals surface area (Å²) in [5.74, 6) is 1.38. The topological polar surface area (TPSA) is 98.7 Å². The summed E-state index contributed by atoms with van der Waals surface area (Å²) in [5, 5.41) is 12.0. The minimum absolute atomic E-state index is 0.241. The van der Waals surface area contributed by atoms with Crippen LogP contribution in [0.15, 0.2) is 64.6 Å². The lowest BCUT2D eigenvalue weighted by Gasteiger charge is -2.08. The Morgan fingerprint density at radius 3 is 2.77 bits per heavy atom. The molecule has 1 amide bonds. The van der Waals surface area contributed by atoms with Gasteiger partial charge in [0, 0.05) is 24.6 Å². The lowest BCUT2D eigenvalue weighted by atomic mass is 10.2. The van der Waals surface area contributed by atoms with Crippen LogP contribution in [0.25, 0.3) is 5.69 Å². The maximum Gasteiger partial charge on any atom is 0.273 e. The van der Waals surface area contributed by atoms with Crippen LogP contribution in [0.2, 0.25) is 0 Å². The first-order chi connectivity index (χ1) is 14.6. The lowest BCUT2D eigenvalue weighted by Crippen LogP contribution is -2.23. The van der Waals surface area contributed by atoms with Gasteiger partial charge >= 0.3 is 0 Å². The molecule has 0 aliphatic carbocycles. The molecule has 3 heterocycles. The Morgan fingerprint density at radius 1 is 1.17 bits per heavy atom. The Kier molecular flexibility index (Phi) is 5.89. The summed E-state index contributed by atoms with van der Waals surface area (Å²) >= 11 is 1.45. The number of carbonyl (C=O) groups is 1. The van der Waals surface area contributed by atoms with E-state index in [0.29, 0.717) is 18.2 Å². The van der Waals surface area contributed by atoms with Gasteiger partial charge in [0.15, 0.2) is 10.9 Å². The first kappa shape index (κ1) is 19.8. The fraction of sp³-hybridized carbons (Fsp3) is 0.190. The van der Waals surface area contributed by atoms with Crippen molar-refractivity contribution in [3.05, 3.63) is 83.6 Å². The molecule has 0 radical (unpaired) electrons. The van der Waals surface area contributed by atoms with Crippen LogP contribution in [-0.4, -0.2) is 30.6 Å². The Labute approximate surface area is 177 Å². The van der Waals surface area contributed by atoms with Gasteiger partial charge in [-0.05, 0) is 37.6 Å². The highest BCUT2D eigenvalue weighted by atomic mass is 32.2. The number of amides is 1. The summed E-state index contributed by atoms with van der Waals surface area (Å²) in [4.78, 5) is 20.6. The van der Waals surface area contributed by atoms with Crippen LogP contribution in [0.4, 0.5) is 0 Å². The Balaban J connectivity index is 1.39. The standard InChI is InChI=1S/C21H20N6O2S/c1-14-5-7-17(8-6-14)27-15(2)25-26-21(27)30-13-19-24-18(12-29-19)20(28)23-11-16-4-3-9-22-10-16/h3-10,12H,11,13H2,1-2H3,(H,23,28). The van der Waals surface area contributed by atoms with Crippen molar-refractivity contribution in [1.29, 1.82) is 0 Å². The van der Waals surface area contributed by atoms with Crippen molar-refractivity contribution < 1.29 is 9.21 Å². The van der Waals surface area contributed by atoms with Crippen molar-refractivity contribution in [2.75, 3.05) is 0 Å². The molecule has 152 valence electrons. The Hall–Kier alpha value is -3.46. The number of rotatable bonds is 7. The molecule has 0 saturated carbocycles. The molecule has 0 atom stereocenters. The molecule has 0 fully saturated rings. The zero-order valence-corrected chi connectivity index (χ0v) is 17.4. The average molecular weight is 420 g/mol. The summed E-state index contributed by atoms with van der Waals surface area (Å²) < 4.78 is 7.45. The molecular weight excluding hydrogens is 400 g/mol. The molecule has 0 unspecified atom stereocenters. The fourth-order valence-electron chi connectivity index (χ4n) is 2.81. The molecule has 1 N–H and O–H groups in total. The van der Waals surface area contributed by atoms with Gasteiger partial charge in [-0.25, -0.2) is 4.98 Å². The van der Waals surface area contributed by atoms with Crippen molar-refractivity contribution in [1.82, 2.24) is 30.0 Å². The second kappa shape index (κ2) is 8.91. The van der Waals surface area contributed by atoms with E-state index in [0.717, 1.165) is 22.2 Å². The fourth-order valence-corrected chi connectivity index (χ4v) is 3.66. The molecule has 30 heavy (non-hydrogen) atoms. The zero-order chi connectivity index (χ0) is 20.9. The van der Waals surface area contributed by atoms with Crippen molar-refractivity contribution in [3.8, 4) is 5.69 Å². The summed E-state index contributed by atoms with van der Waals surface area (Å²) in [7, 11) is 0. The van der Waals surface area contributed by atoms with E-state index in [2.05, 4.69) is 25.5 Å². The number of benzene rings is 1. The molecule has 0 bridgehead atoms. The van der Waals surface area contributed by atoms with E-state index in [4.69, 9.17) is 4.42 Å². The van der Waals surface area contributed by atoms with E-state index < -0.39 is 0 Å². The van der Waals surface area contributed by atoms with Crippen molar-refractivity contribution in [3.63, 3.8) is 0 Å². The number of nitrogens with one attached hydrogen (secondary N) is 1. The molecule has 0 aliphatic heterocycles. The van der Waals surface area contributed by atoms with Gasteiger partial charge in [0.1, 0.15) is 12.1 Å². The minimum atomic E-state index is -0.294. The van der Waals surface area contributed by atoms with Gasteiger partial charge < -0.3 is 9.73 Å². The molecule has 0 aliphatic rings. The number of aryl methyl sites for hydroxylation is 2. The molecule has 0 spiro atoms. The van der Waals surface area contributed by atoms with E-state index in [9.17, 15) is 4.79 Å². The van der Waals surface area contributed by atoms with Crippen LogP contribution >= 0.6 is 11.8 Å². The largest absolute Gasteiger partial charge is 0.447 e. The highest BCUT2D eigenvalue weighted by Crippen LogP contribution is 2.25. The quantitative estimate of drug-likeness (QED) is 0.457. The second-order valence-corrected chi connectivity index (χ2v) is 7.60. The maximum atomic E-state index is 12.3. The van der Waals surface area contributed by atoms with E-state index in [1.807, 2.05) is 54.8 Å². The van der Waals surface area contributed by atoms with Crippen molar-refractivity contribution in [2.45, 2.75) is 31.3 Å². The molecule has 4 aromatic rings. The van der Waals surface area contributed by atoms with Gasteiger partial charge in [-0.15, -0.1) is 10.2 Å². The maximum absolute atomic E-state index is 12.3. The van der Waals surface area contributed by atoms with Gasteiger partial charge in [0.25, 0.3) is 5.91 Å². The highest BCUT2D eigenvalue weighted by Gasteiger charge is 2.15. The van der Waals surface area contributed by atoms with Crippen LogP contribution in [0.1, 0.15) is 33.3 Å². The predicted molar refractivity (Wildman–Crippen MR) is 112 cm³/mol. The van der Waals surface area contributed by atoms with Gasteiger partial charge in [-0.1, -0.05) is 35.5 Å². The van der Waals surface area contributed by atoms with Crippen LogP contribution in [0, 0.1) is 13.8 Å². The number of carbonyl (C=O) groups excluding carboxylic acids is 1. The number of oxazole rings is 1. The lowest BCUT2D eigenvalue weighted by molar-refractivity contribution is 0.0946. The summed E-state index contributed by atoms with van der Waals surface area (Å²) in [6, 6.07) is 11.9. The highest BCUT2D eigenvalue weighted by molar-refractivity contribution is 7.98. The zero-order valence-electron chi connectivity index (χ0n) is 16.6. The molecule has 4 rings (SSSR count). The van der Waals surface area contributed by atoms with Crippen LogP contribution in [0.3, 0.4) is 0 Å². The van der Waals surface area contributed by atoms with E-state index in [-0.39, 0.29) is 11.6 Å². The van der Waals surface area contributed by atoms with E-state index in [1.165, 1.54) is 23.6 Å². The number of nitrogens with zero attached hydrogens (tertiary/aromatic N) is 5. The number of thioether (sulfide) groups is 1. The van der Waals surface area contributed by atoms with Crippen molar-refractivity contribution >= 4 is 17.7 Å². The average Bonchev–Trinajstić information content (AvgIpc) is 3.39. The number of aromatic nitrogens is 5. The monoisotopic (exact) mass is 420 g/mol. The number of hydrogen-bond acceptors (Lipinski definition) is 7. The predicted octanol–water partition coefficient (Wildman–Crippen LogP) is 3.49. The summed E-state index contributed by atoms with van der Waals surface area (Å²) in [5.41, 5.74) is 3.34. The first-order valence-corrected chi connectivity index (χ1v) is 10.3. The summed E-state index contributed by atoms with van der Waals surface area (Å²) in [6.45, 7) is 4.33.